The Balaban J connectivity index is 0.00000243. The van der Waals surface area contributed by atoms with Gasteiger partial charge in [-0.25, -0.2) is 18.1 Å². The van der Waals surface area contributed by atoms with Crippen LogP contribution < -0.4 is 17.0 Å². The Morgan fingerprint density at radius 3 is 2.50 bits per heavy atom. The number of nitrogens with two attached hydrogens (primary N) is 1. The molecule has 0 bridgehead atoms. The van der Waals surface area contributed by atoms with Crippen LogP contribution in [0.15, 0.2) is 9.59 Å². The number of nitrogens with one attached hydrogen (secondary N) is 1. The average Bonchev–Trinajstić information content (AvgIpc) is 2.95. The molecule has 11 nitrogen and oxygen atoms in total. The molecule has 0 spiro atoms. The second-order valence-corrected chi connectivity index (χ2v) is 5.51. The predicted molar refractivity (Wildman–Crippen MR) is 85.3 cm³/mol. The number of fused-ring (bicyclic) bond motifs is 1. The van der Waals surface area contributed by atoms with E-state index in [1.807, 2.05) is 0 Å². The number of H-pyrrole nitrogens is 1. The van der Waals surface area contributed by atoms with Crippen LogP contribution in [-0.4, -0.2) is 65.8 Å². The van der Waals surface area contributed by atoms with Crippen LogP contribution >= 0.6 is 12.4 Å². The molecule has 0 aliphatic carbocycles. The number of halogens is 3. The summed E-state index contributed by atoms with van der Waals surface area (Å²) in [6, 6.07) is 0. The highest BCUT2D eigenvalue weighted by molar-refractivity contribution is 5.85. The van der Waals surface area contributed by atoms with Gasteiger partial charge < -0.3 is 25.8 Å². The minimum absolute atomic E-state index is 0. The molecule has 146 valence electrons. The molecule has 14 heteroatoms. The summed E-state index contributed by atoms with van der Waals surface area (Å²) in [7, 11) is 0. The normalized spacial score (nSPS) is 25.8. The fourth-order valence-electron chi connectivity index (χ4n) is 2.83. The van der Waals surface area contributed by atoms with Crippen LogP contribution in [0.2, 0.25) is 0 Å². The Morgan fingerprint density at radius 2 is 1.96 bits per heavy atom. The van der Waals surface area contributed by atoms with E-state index in [9.17, 15) is 28.6 Å². The number of anilines is 1. The molecule has 1 aliphatic rings. The van der Waals surface area contributed by atoms with E-state index in [-0.39, 0.29) is 24.0 Å². The van der Waals surface area contributed by atoms with Crippen molar-refractivity contribution in [2.75, 3.05) is 12.3 Å². The molecule has 1 aliphatic heterocycles. The lowest BCUT2D eigenvalue weighted by Crippen LogP contribution is -2.36. The number of rotatable bonds is 4. The van der Waals surface area contributed by atoms with E-state index in [1.165, 1.54) is 0 Å². The van der Waals surface area contributed by atoms with E-state index < -0.39 is 60.9 Å². The first-order valence-electron chi connectivity index (χ1n) is 7.17. The van der Waals surface area contributed by atoms with Crippen LogP contribution in [0.3, 0.4) is 0 Å². The monoisotopic (exact) mass is 399 g/mol. The summed E-state index contributed by atoms with van der Waals surface area (Å²) in [4.78, 5) is 30.5. The van der Waals surface area contributed by atoms with E-state index in [2.05, 4.69) is 9.97 Å². The Kier molecular flexibility index (Phi) is 5.67. The molecule has 3 rings (SSSR count). The summed E-state index contributed by atoms with van der Waals surface area (Å²) >= 11 is 0. The number of aliphatic hydroxyl groups is 3. The van der Waals surface area contributed by atoms with Gasteiger partial charge in [0.25, 0.3) is 12.0 Å². The molecule has 0 radical (unpaired) electrons. The number of nitrogens with zero attached hydrogens (tertiary/aromatic N) is 3. The molecular weight excluding hydrogens is 384 g/mol. The number of aliphatic hydroxyl groups excluding tert-OH is 3. The van der Waals surface area contributed by atoms with Gasteiger partial charge in [-0.15, -0.1) is 12.4 Å². The van der Waals surface area contributed by atoms with Gasteiger partial charge >= 0.3 is 5.69 Å². The Morgan fingerprint density at radius 1 is 1.31 bits per heavy atom. The molecule has 2 aromatic heterocycles. The summed E-state index contributed by atoms with van der Waals surface area (Å²) < 4.78 is 32.0. The number of hydrogen-bond donors (Lipinski definition) is 5. The molecule has 1 fully saturated rings. The minimum atomic E-state index is -2.95. The van der Waals surface area contributed by atoms with Gasteiger partial charge in [0.1, 0.15) is 18.3 Å². The van der Waals surface area contributed by atoms with Crippen LogP contribution in [0.5, 0.6) is 0 Å². The van der Waals surface area contributed by atoms with Gasteiger partial charge in [-0.2, -0.15) is 4.98 Å². The molecule has 0 aromatic carbocycles. The van der Waals surface area contributed by atoms with Crippen molar-refractivity contribution in [3.63, 3.8) is 0 Å². The zero-order chi connectivity index (χ0) is 18.5. The van der Waals surface area contributed by atoms with Gasteiger partial charge in [-0.3, -0.25) is 14.3 Å². The lowest BCUT2D eigenvalue weighted by molar-refractivity contribution is -0.0529. The number of aromatic amines is 1. The topological polar surface area (TPSA) is 169 Å². The minimum Gasteiger partial charge on any atom is -0.394 e. The molecule has 0 amide bonds. The third kappa shape index (κ3) is 3.07. The first kappa shape index (κ1) is 20.3. The molecule has 26 heavy (non-hydrogen) atoms. The Labute approximate surface area is 149 Å². The zero-order valence-corrected chi connectivity index (χ0v) is 13.8. The van der Waals surface area contributed by atoms with Crippen LogP contribution in [0.4, 0.5) is 14.7 Å². The maximum absolute atomic E-state index is 12.8. The number of ether oxygens (including phenoxy) is 1. The van der Waals surface area contributed by atoms with Crippen LogP contribution in [0.25, 0.3) is 11.2 Å². The summed E-state index contributed by atoms with van der Waals surface area (Å²) in [5.74, 6) is -0.382. The van der Waals surface area contributed by atoms with Crippen molar-refractivity contribution in [1.82, 2.24) is 19.1 Å². The molecule has 1 saturated heterocycles. The molecular formula is C12H16ClF2N5O6. The molecule has 4 atom stereocenters. The van der Waals surface area contributed by atoms with Crippen molar-refractivity contribution in [1.29, 1.82) is 0 Å². The standard InChI is InChI=1S/C12H15F2N5O6.ClH/c13-4(14)1-18-5-8(16-11(15)17-9(5)23)19(12(18)24)10-7(22)6(21)3(2-20)25-10;/h3-4,6-7,10,20-22H,1-2H2,(H3,15,16,17,23);1H/t3-,6+,7-,10-;/m1./s1. The SMILES string of the molecule is Cl.Nc1nc2c(c(=O)[nH]1)n(CC(F)F)c(=O)n2[C@@H]1O[C@H](CO)[C@H](O)[C@H]1O. The third-order valence-corrected chi connectivity index (χ3v) is 3.92. The van der Waals surface area contributed by atoms with E-state index in [4.69, 9.17) is 15.6 Å². The average molecular weight is 400 g/mol. The Hall–Kier alpha value is -2.06. The first-order chi connectivity index (χ1) is 11.8. The van der Waals surface area contributed by atoms with Crippen molar-refractivity contribution in [3.8, 4) is 0 Å². The maximum atomic E-state index is 12.8. The van der Waals surface area contributed by atoms with Gasteiger partial charge in [-0.1, -0.05) is 0 Å². The fraction of sp³-hybridized carbons (Fsp3) is 0.583. The summed E-state index contributed by atoms with van der Waals surface area (Å²) in [6.45, 7) is -1.75. The van der Waals surface area contributed by atoms with E-state index in [0.29, 0.717) is 9.13 Å². The van der Waals surface area contributed by atoms with Crippen LogP contribution in [-0.2, 0) is 11.3 Å². The highest BCUT2D eigenvalue weighted by Crippen LogP contribution is 2.30. The Bertz CT molecular complexity index is 914. The lowest BCUT2D eigenvalue weighted by Gasteiger charge is -2.15. The number of aromatic nitrogens is 4. The smallest absolute Gasteiger partial charge is 0.332 e. The maximum Gasteiger partial charge on any atom is 0.332 e. The molecule has 0 unspecified atom stereocenters. The number of imidazole rings is 1. The number of alkyl halides is 2. The summed E-state index contributed by atoms with van der Waals surface area (Å²) in [5.41, 5.74) is 2.55. The quantitative estimate of drug-likeness (QED) is 0.384. The van der Waals surface area contributed by atoms with Crippen LogP contribution in [0.1, 0.15) is 6.23 Å². The van der Waals surface area contributed by atoms with Crippen molar-refractivity contribution in [2.45, 2.75) is 37.5 Å². The van der Waals surface area contributed by atoms with Gasteiger partial charge in [0.2, 0.25) is 5.95 Å². The van der Waals surface area contributed by atoms with Crippen LogP contribution in [0, 0.1) is 0 Å². The molecule has 6 N–H and O–H groups in total. The molecule has 3 heterocycles. The fourth-order valence-corrected chi connectivity index (χ4v) is 2.83. The molecule has 0 saturated carbocycles. The third-order valence-electron chi connectivity index (χ3n) is 3.92. The van der Waals surface area contributed by atoms with Crippen molar-refractivity contribution < 1.29 is 28.8 Å². The van der Waals surface area contributed by atoms with Gasteiger partial charge in [0.05, 0.1) is 13.2 Å². The number of hydrogen-bond acceptors (Lipinski definition) is 8. The van der Waals surface area contributed by atoms with E-state index >= 15 is 0 Å². The number of nitrogen functional groups attached to an aromatic ring is 1. The highest BCUT2D eigenvalue weighted by atomic mass is 35.5. The zero-order valence-electron chi connectivity index (χ0n) is 13.0. The summed E-state index contributed by atoms with van der Waals surface area (Å²) in [5, 5.41) is 29.0. The van der Waals surface area contributed by atoms with E-state index in [1.54, 1.807) is 0 Å². The van der Waals surface area contributed by atoms with E-state index in [0.717, 1.165) is 0 Å². The van der Waals surface area contributed by atoms with Crippen molar-refractivity contribution in [2.24, 2.45) is 0 Å². The predicted octanol–water partition coefficient (Wildman–Crippen LogP) is -2.23. The van der Waals surface area contributed by atoms with Gasteiger partial charge in [0.15, 0.2) is 17.4 Å². The second kappa shape index (κ2) is 7.28. The van der Waals surface area contributed by atoms with Gasteiger partial charge in [-0.05, 0) is 0 Å². The molecule has 2 aromatic rings. The van der Waals surface area contributed by atoms with Gasteiger partial charge in [0, 0.05) is 0 Å². The first-order valence-corrected chi connectivity index (χ1v) is 7.17. The van der Waals surface area contributed by atoms with Crippen molar-refractivity contribution in [3.05, 3.63) is 20.8 Å². The summed E-state index contributed by atoms with van der Waals surface area (Å²) in [6.07, 6.45) is -8.90. The second-order valence-electron chi connectivity index (χ2n) is 5.51. The highest BCUT2D eigenvalue weighted by Gasteiger charge is 2.45. The van der Waals surface area contributed by atoms with Crippen molar-refractivity contribution >= 4 is 29.5 Å². The lowest BCUT2D eigenvalue weighted by atomic mass is 10.1. The largest absolute Gasteiger partial charge is 0.394 e.